The number of nitrogens with one attached hydrogen (secondary N) is 1. The van der Waals surface area contributed by atoms with E-state index in [1.807, 2.05) is 6.07 Å². The fraction of sp³-hybridized carbons (Fsp3) is 0. The molecule has 0 fully saturated rings. The Morgan fingerprint density at radius 2 is 2.42 bits per heavy atom. The average Bonchev–Trinajstić information content (AvgIpc) is 2.43. The Bertz CT molecular complexity index is 467. The van der Waals surface area contributed by atoms with Crippen molar-refractivity contribution in [3.8, 4) is 12.3 Å². The Morgan fingerprint density at radius 1 is 1.58 bits per heavy atom. The molecule has 0 aliphatic heterocycles. The highest BCUT2D eigenvalue weighted by molar-refractivity contribution is 14.1. The van der Waals surface area contributed by atoms with Crippen molar-refractivity contribution in [3.63, 3.8) is 0 Å². The molecule has 2 rings (SSSR count). The number of imidazole rings is 1. The Kier molecular flexibility index (Phi) is 1.73. The molecule has 12 heavy (non-hydrogen) atoms. The minimum atomic E-state index is 0.755. The molecular weight excluding hydrogens is 265 g/mol. The number of halogens is 1. The largest absolute Gasteiger partial charge is 0.318 e. The topological polar surface area (TPSA) is 41.6 Å². The third-order valence-electron chi connectivity index (χ3n) is 1.47. The van der Waals surface area contributed by atoms with Gasteiger partial charge in [-0.2, -0.15) is 0 Å². The van der Waals surface area contributed by atoms with E-state index in [1.165, 1.54) is 0 Å². The molecule has 0 aliphatic carbocycles. The SMILES string of the molecule is C#Cc1cnc2[nH]c(I)nc2c1. The van der Waals surface area contributed by atoms with Gasteiger partial charge in [0.2, 0.25) is 0 Å². The van der Waals surface area contributed by atoms with E-state index in [0.717, 1.165) is 20.6 Å². The molecule has 0 atom stereocenters. The van der Waals surface area contributed by atoms with Gasteiger partial charge in [0.15, 0.2) is 9.48 Å². The van der Waals surface area contributed by atoms with Crippen LogP contribution in [0.25, 0.3) is 11.2 Å². The fourth-order valence-electron chi connectivity index (χ4n) is 0.945. The van der Waals surface area contributed by atoms with Gasteiger partial charge in [0.05, 0.1) is 0 Å². The number of rotatable bonds is 0. The number of H-pyrrole nitrogens is 1. The Morgan fingerprint density at radius 3 is 3.17 bits per heavy atom. The van der Waals surface area contributed by atoms with Crippen LogP contribution in [-0.2, 0) is 0 Å². The first-order valence-electron chi connectivity index (χ1n) is 3.27. The summed E-state index contributed by atoms with van der Waals surface area (Å²) in [7, 11) is 0. The molecule has 1 N–H and O–H groups in total. The summed E-state index contributed by atoms with van der Waals surface area (Å²) in [6, 6.07) is 1.83. The van der Waals surface area contributed by atoms with Crippen molar-refractivity contribution in [1.29, 1.82) is 0 Å². The first-order valence-corrected chi connectivity index (χ1v) is 4.35. The Balaban J connectivity index is 2.77. The van der Waals surface area contributed by atoms with Crippen molar-refractivity contribution in [1.82, 2.24) is 15.0 Å². The van der Waals surface area contributed by atoms with Gasteiger partial charge >= 0.3 is 0 Å². The molecule has 0 bridgehead atoms. The van der Waals surface area contributed by atoms with Gasteiger partial charge in [-0.3, -0.25) is 0 Å². The standard InChI is InChI=1S/C8H4IN3/c1-2-5-3-6-7(10-4-5)12-8(9)11-6/h1,3-4H,(H,10,11,12). The summed E-state index contributed by atoms with van der Waals surface area (Å²) in [4.78, 5) is 11.3. The maximum atomic E-state index is 5.22. The smallest absolute Gasteiger partial charge is 0.170 e. The van der Waals surface area contributed by atoms with Crippen LogP contribution in [0.4, 0.5) is 0 Å². The fourth-order valence-corrected chi connectivity index (χ4v) is 1.46. The molecule has 0 amide bonds. The second kappa shape index (κ2) is 2.75. The van der Waals surface area contributed by atoms with E-state index in [4.69, 9.17) is 6.42 Å². The summed E-state index contributed by atoms with van der Waals surface area (Å²) in [6.45, 7) is 0. The Labute approximate surface area is 82.8 Å². The maximum absolute atomic E-state index is 5.22. The highest BCUT2D eigenvalue weighted by atomic mass is 127. The summed E-state index contributed by atoms with van der Waals surface area (Å²) < 4.78 is 0.823. The lowest BCUT2D eigenvalue weighted by molar-refractivity contribution is 1.24. The molecule has 0 saturated heterocycles. The van der Waals surface area contributed by atoms with Crippen LogP contribution in [0, 0.1) is 16.2 Å². The van der Waals surface area contributed by atoms with Gasteiger partial charge in [0, 0.05) is 11.8 Å². The molecule has 2 aromatic rings. The number of aromatic amines is 1. The highest BCUT2D eigenvalue weighted by Crippen LogP contribution is 2.10. The predicted octanol–water partition coefficient (Wildman–Crippen LogP) is 1.54. The number of nitrogens with zero attached hydrogens (tertiary/aromatic N) is 2. The summed E-state index contributed by atoms with van der Waals surface area (Å²) in [5.41, 5.74) is 2.35. The maximum Gasteiger partial charge on any atom is 0.170 e. The number of hydrogen-bond acceptors (Lipinski definition) is 2. The van der Waals surface area contributed by atoms with Crippen molar-refractivity contribution in [2.75, 3.05) is 0 Å². The summed E-state index contributed by atoms with van der Waals surface area (Å²) in [5.74, 6) is 2.51. The normalized spacial score (nSPS) is 10.0. The molecule has 0 unspecified atom stereocenters. The van der Waals surface area contributed by atoms with E-state index in [-0.39, 0.29) is 0 Å². The third-order valence-corrected chi connectivity index (χ3v) is 1.99. The predicted molar refractivity (Wildman–Crippen MR) is 54.5 cm³/mol. The summed E-state index contributed by atoms with van der Waals surface area (Å²) in [5, 5.41) is 0. The number of aromatic nitrogens is 3. The molecule has 0 radical (unpaired) electrons. The zero-order valence-electron chi connectivity index (χ0n) is 6.00. The van der Waals surface area contributed by atoms with Gasteiger partial charge in [0.25, 0.3) is 0 Å². The molecule has 0 spiro atoms. The van der Waals surface area contributed by atoms with Crippen LogP contribution in [0.2, 0.25) is 0 Å². The number of fused-ring (bicyclic) bond motifs is 1. The van der Waals surface area contributed by atoms with Crippen LogP contribution in [-0.4, -0.2) is 15.0 Å². The van der Waals surface area contributed by atoms with Crippen LogP contribution >= 0.6 is 22.6 Å². The van der Waals surface area contributed by atoms with E-state index < -0.39 is 0 Å². The first-order chi connectivity index (χ1) is 5.79. The van der Waals surface area contributed by atoms with Crippen LogP contribution in [0.1, 0.15) is 5.56 Å². The molecule has 4 heteroatoms. The Hall–Kier alpha value is -1.09. The van der Waals surface area contributed by atoms with Crippen molar-refractivity contribution in [2.24, 2.45) is 0 Å². The lowest BCUT2D eigenvalue weighted by Gasteiger charge is -1.87. The zero-order valence-corrected chi connectivity index (χ0v) is 8.16. The van der Waals surface area contributed by atoms with Crippen LogP contribution in [0.5, 0.6) is 0 Å². The van der Waals surface area contributed by atoms with E-state index >= 15 is 0 Å². The van der Waals surface area contributed by atoms with Crippen molar-refractivity contribution >= 4 is 33.8 Å². The quantitative estimate of drug-likeness (QED) is 0.582. The van der Waals surface area contributed by atoms with Gasteiger partial charge in [-0.1, -0.05) is 5.92 Å². The first kappa shape index (κ1) is 7.55. The van der Waals surface area contributed by atoms with Gasteiger partial charge in [-0.05, 0) is 28.7 Å². The second-order valence-corrected chi connectivity index (χ2v) is 3.29. The molecule has 0 saturated carbocycles. The number of hydrogen-bond donors (Lipinski definition) is 1. The van der Waals surface area contributed by atoms with E-state index in [1.54, 1.807) is 6.20 Å². The number of pyridine rings is 1. The van der Waals surface area contributed by atoms with Crippen LogP contribution in [0.3, 0.4) is 0 Å². The third kappa shape index (κ3) is 1.16. The molecule has 3 nitrogen and oxygen atoms in total. The molecule has 0 aliphatic rings. The van der Waals surface area contributed by atoms with Crippen molar-refractivity contribution in [2.45, 2.75) is 0 Å². The monoisotopic (exact) mass is 269 g/mol. The zero-order chi connectivity index (χ0) is 8.55. The minimum absolute atomic E-state index is 0.755. The summed E-state index contributed by atoms with van der Waals surface area (Å²) in [6.07, 6.45) is 6.87. The van der Waals surface area contributed by atoms with E-state index in [2.05, 4.69) is 43.5 Å². The van der Waals surface area contributed by atoms with Crippen molar-refractivity contribution in [3.05, 3.63) is 21.7 Å². The van der Waals surface area contributed by atoms with Gasteiger partial charge in [0.1, 0.15) is 5.52 Å². The number of terminal acetylenes is 1. The lowest BCUT2D eigenvalue weighted by atomic mass is 10.3. The van der Waals surface area contributed by atoms with Crippen LogP contribution < -0.4 is 0 Å². The van der Waals surface area contributed by atoms with Crippen molar-refractivity contribution < 1.29 is 0 Å². The molecule has 58 valence electrons. The highest BCUT2D eigenvalue weighted by Gasteiger charge is 2.00. The molecule has 2 heterocycles. The van der Waals surface area contributed by atoms with Crippen LogP contribution in [0.15, 0.2) is 12.3 Å². The second-order valence-electron chi connectivity index (χ2n) is 2.26. The van der Waals surface area contributed by atoms with Gasteiger partial charge in [-0.25, -0.2) is 9.97 Å². The average molecular weight is 269 g/mol. The van der Waals surface area contributed by atoms with Gasteiger partial charge in [-0.15, -0.1) is 6.42 Å². The van der Waals surface area contributed by atoms with Gasteiger partial charge < -0.3 is 4.98 Å². The summed E-state index contributed by atoms with van der Waals surface area (Å²) >= 11 is 2.10. The molecule has 2 aromatic heterocycles. The molecule has 0 aromatic carbocycles. The van der Waals surface area contributed by atoms with E-state index in [0.29, 0.717) is 0 Å². The molecular formula is C8H4IN3. The lowest BCUT2D eigenvalue weighted by Crippen LogP contribution is -1.79. The van der Waals surface area contributed by atoms with E-state index in [9.17, 15) is 0 Å². The minimum Gasteiger partial charge on any atom is -0.318 e.